The lowest BCUT2D eigenvalue weighted by Gasteiger charge is -2.40. The van der Waals surface area contributed by atoms with Crippen molar-refractivity contribution < 1.29 is 32.6 Å². The van der Waals surface area contributed by atoms with Crippen LogP contribution in [0.25, 0.3) is 0 Å². The summed E-state index contributed by atoms with van der Waals surface area (Å²) in [7, 11) is 3.88. The van der Waals surface area contributed by atoms with Crippen LogP contribution in [0.1, 0.15) is 33.6 Å². The van der Waals surface area contributed by atoms with E-state index in [1.54, 1.807) is 4.90 Å². The summed E-state index contributed by atoms with van der Waals surface area (Å²) < 4.78 is 44.1. The van der Waals surface area contributed by atoms with Gasteiger partial charge in [-0.05, 0) is 12.1 Å². The van der Waals surface area contributed by atoms with E-state index in [0.29, 0.717) is 0 Å². The molecule has 1 heterocycles. The Hall–Kier alpha value is -2.06. The van der Waals surface area contributed by atoms with Gasteiger partial charge in [-0.25, -0.2) is 13.6 Å². The third-order valence-corrected chi connectivity index (χ3v) is 4.47. The van der Waals surface area contributed by atoms with E-state index in [-0.39, 0.29) is 49.0 Å². The fraction of sp³-hybridized carbons (Fsp3) is 0.529. The number of benzene rings is 1. The van der Waals surface area contributed by atoms with Crippen molar-refractivity contribution in [1.29, 1.82) is 0 Å². The number of alkyl halides is 1. The van der Waals surface area contributed by atoms with Crippen LogP contribution in [0.2, 0.25) is 0 Å². The number of carbonyl (C=O) groups is 2. The molecule has 1 fully saturated rings. The van der Waals surface area contributed by atoms with E-state index < -0.39 is 23.7 Å². The molecule has 0 saturated carbocycles. The van der Waals surface area contributed by atoms with Crippen molar-refractivity contribution in [2.75, 3.05) is 39.3 Å². The number of hydrogen-bond donors (Lipinski definition) is 0. The average Bonchev–Trinajstić information content (AvgIpc) is 2.62. The van der Waals surface area contributed by atoms with Crippen LogP contribution in [-0.2, 0) is 14.2 Å². The monoisotopic (exact) mass is 357 g/mol. The maximum Gasteiger partial charge on any atom is 0.338 e. The molecule has 0 atom stereocenters. The van der Waals surface area contributed by atoms with Crippen molar-refractivity contribution in [2.24, 2.45) is 0 Å². The first-order chi connectivity index (χ1) is 11.9. The lowest BCUT2D eigenvalue weighted by Crippen LogP contribution is -2.50. The number of rotatable bonds is 6. The molecule has 0 unspecified atom stereocenters. The third kappa shape index (κ3) is 3.64. The molecule has 1 saturated heterocycles. The smallest absolute Gasteiger partial charge is 0.338 e. The highest BCUT2D eigenvalue weighted by Crippen LogP contribution is 2.35. The van der Waals surface area contributed by atoms with Crippen molar-refractivity contribution in [3.05, 3.63) is 29.1 Å². The molecule has 25 heavy (non-hydrogen) atoms. The molecule has 1 aliphatic heterocycles. The van der Waals surface area contributed by atoms with Crippen LogP contribution >= 0.6 is 0 Å². The lowest BCUT2D eigenvalue weighted by atomic mass is 9.92. The van der Waals surface area contributed by atoms with Gasteiger partial charge >= 0.3 is 5.97 Å². The second-order valence-electron chi connectivity index (χ2n) is 5.79. The largest absolute Gasteiger partial charge is 0.465 e. The van der Waals surface area contributed by atoms with Crippen LogP contribution in [0, 0.1) is 5.82 Å². The zero-order chi connectivity index (χ0) is 18.6. The number of aldehydes is 1. The number of nitrogens with zero attached hydrogens (tertiary/aromatic N) is 1. The molecule has 1 aromatic carbocycles. The van der Waals surface area contributed by atoms with Gasteiger partial charge in [-0.1, -0.05) is 0 Å². The standard InChI is InChI=1S/C17H21F2NO5/c1-23-15(22)11-4-5-13(14(18)12(11)10-21)20-8-6-17(19,7-9-20)16(24-2)25-3/h4-5,10,16H,6-9H2,1-3H3. The second-order valence-corrected chi connectivity index (χ2v) is 5.79. The molecule has 0 spiro atoms. The number of carbonyl (C=O) groups excluding carboxylic acids is 2. The normalized spacial score (nSPS) is 16.8. The minimum Gasteiger partial charge on any atom is -0.465 e. The zero-order valence-corrected chi connectivity index (χ0v) is 14.4. The van der Waals surface area contributed by atoms with Gasteiger partial charge < -0.3 is 19.1 Å². The SMILES string of the molecule is COC(=O)c1ccc(N2CCC(F)(C(OC)OC)CC2)c(F)c1C=O. The van der Waals surface area contributed by atoms with E-state index in [4.69, 9.17) is 9.47 Å². The van der Waals surface area contributed by atoms with Crippen molar-refractivity contribution in [3.63, 3.8) is 0 Å². The number of hydrogen-bond acceptors (Lipinski definition) is 6. The quantitative estimate of drug-likeness (QED) is 0.442. The Morgan fingerprint density at radius 1 is 1.24 bits per heavy atom. The summed E-state index contributed by atoms with van der Waals surface area (Å²) in [6.07, 6.45) is -0.561. The van der Waals surface area contributed by atoms with Gasteiger partial charge in [0.1, 0.15) is 0 Å². The molecule has 0 aromatic heterocycles. The summed E-state index contributed by atoms with van der Waals surface area (Å²) in [5.41, 5.74) is -2.04. The van der Waals surface area contributed by atoms with Crippen LogP contribution in [0.15, 0.2) is 12.1 Å². The molecule has 8 heteroatoms. The molecule has 1 aromatic rings. The fourth-order valence-corrected chi connectivity index (χ4v) is 3.10. The molecule has 2 rings (SSSR count). The third-order valence-electron chi connectivity index (χ3n) is 4.47. The number of methoxy groups -OCH3 is 3. The Kier molecular flexibility index (Phi) is 6.07. The number of anilines is 1. The van der Waals surface area contributed by atoms with Crippen molar-refractivity contribution in [1.82, 2.24) is 0 Å². The molecule has 1 aliphatic rings. The van der Waals surface area contributed by atoms with Crippen molar-refractivity contribution in [2.45, 2.75) is 24.8 Å². The molecule has 0 amide bonds. The highest BCUT2D eigenvalue weighted by Gasteiger charge is 2.43. The lowest BCUT2D eigenvalue weighted by molar-refractivity contribution is -0.192. The van der Waals surface area contributed by atoms with Crippen molar-refractivity contribution >= 4 is 17.9 Å². The van der Waals surface area contributed by atoms with Gasteiger partial charge in [0, 0.05) is 40.2 Å². The number of halogens is 2. The topological polar surface area (TPSA) is 65.1 Å². The molecule has 0 aliphatic carbocycles. The van der Waals surface area contributed by atoms with E-state index in [0.717, 1.165) is 7.11 Å². The van der Waals surface area contributed by atoms with Gasteiger partial charge in [-0.3, -0.25) is 4.79 Å². The number of esters is 1. The van der Waals surface area contributed by atoms with Crippen LogP contribution < -0.4 is 4.90 Å². The van der Waals surface area contributed by atoms with Crippen LogP contribution in [-0.4, -0.2) is 58.6 Å². The maximum absolute atomic E-state index is 14.9. The Bertz CT molecular complexity index is 640. The summed E-state index contributed by atoms with van der Waals surface area (Å²) >= 11 is 0. The molecule has 0 bridgehead atoms. The summed E-state index contributed by atoms with van der Waals surface area (Å²) in [5, 5.41) is 0. The van der Waals surface area contributed by atoms with Gasteiger partial charge in [0.2, 0.25) is 0 Å². The minimum absolute atomic E-state index is 0.0773. The number of piperidine rings is 1. The minimum atomic E-state index is -1.67. The summed E-state index contributed by atoms with van der Waals surface area (Å²) in [6.45, 7) is 0.430. The molecule has 6 nitrogen and oxygen atoms in total. The van der Waals surface area contributed by atoms with Crippen LogP contribution in [0.4, 0.5) is 14.5 Å². The van der Waals surface area contributed by atoms with E-state index in [1.807, 2.05) is 0 Å². The summed E-state index contributed by atoms with van der Waals surface area (Å²) in [6, 6.07) is 2.72. The van der Waals surface area contributed by atoms with Crippen LogP contribution in [0.3, 0.4) is 0 Å². The van der Waals surface area contributed by atoms with E-state index in [9.17, 15) is 18.4 Å². The Balaban J connectivity index is 2.24. The van der Waals surface area contributed by atoms with E-state index in [1.165, 1.54) is 26.4 Å². The van der Waals surface area contributed by atoms with Crippen LogP contribution in [0.5, 0.6) is 0 Å². The Labute approximate surface area is 144 Å². The predicted octanol–water partition coefficient (Wildman–Crippen LogP) is 2.35. The second kappa shape index (κ2) is 7.88. The first-order valence-corrected chi connectivity index (χ1v) is 7.77. The molecule has 138 valence electrons. The molecule has 0 N–H and O–H groups in total. The van der Waals surface area contributed by atoms with Gasteiger partial charge in [0.05, 0.1) is 23.9 Å². The molecular formula is C17H21F2NO5. The highest BCUT2D eigenvalue weighted by molar-refractivity contribution is 5.99. The summed E-state index contributed by atoms with van der Waals surface area (Å²) in [4.78, 5) is 24.5. The molecular weight excluding hydrogens is 336 g/mol. The fourth-order valence-electron chi connectivity index (χ4n) is 3.10. The van der Waals surface area contributed by atoms with Gasteiger partial charge in [0.15, 0.2) is 24.1 Å². The zero-order valence-electron chi connectivity index (χ0n) is 14.4. The van der Waals surface area contributed by atoms with Gasteiger partial charge in [-0.2, -0.15) is 0 Å². The highest BCUT2D eigenvalue weighted by atomic mass is 19.1. The van der Waals surface area contributed by atoms with E-state index in [2.05, 4.69) is 4.74 Å². The average molecular weight is 357 g/mol. The van der Waals surface area contributed by atoms with Gasteiger partial charge in [0.25, 0.3) is 0 Å². The predicted molar refractivity (Wildman–Crippen MR) is 86.2 cm³/mol. The number of ether oxygens (including phenoxy) is 3. The summed E-state index contributed by atoms with van der Waals surface area (Å²) in [5.74, 6) is -1.61. The van der Waals surface area contributed by atoms with E-state index >= 15 is 0 Å². The first kappa shape index (κ1) is 19.3. The van der Waals surface area contributed by atoms with Gasteiger partial charge in [-0.15, -0.1) is 0 Å². The molecule has 0 radical (unpaired) electrons. The maximum atomic E-state index is 14.9. The Morgan fingerprint density at radius 3 is 2.32 bits per heavy atom. The Morgan fingerprint density at radius 2 is 1.84 bits per heavy atom. The van der Waals surface area contributed by atoms with Crippen molar-refractivity contribution in [3.8, 4) is 0 Å². The first-order valence-electron chi connectivity index (χ1n) is 7.77.